The van der Waals surface area contributed by atoms with Crippen molar-refractivity contribution < 1.29 is 14.2 Å². The third kappa shape index (κ3) is 5.87. The summed E-state index contributed by atoms with van der Waals surface area (Å²) in [5.41, 5.74) is 1.69. The van der Waals surface area contributed by atoms with Crippen molar-refractivity contribution in [1.82, 2.24) is 0 Å². The van der Waals surface area contributed by atoms with Gasteiger partial charge in [-0.2, -0.15) is 0 Å². The van der Waals surface area contributed by atoms with Crippen molar-refractivity contribution in [2.75, 3.05) is 13.2 Å². The molecule has 0 aromatic heterocycles. The van der Waals surface area contributed by atoms with Gasteiger partial charge in [-0.05, 0) is 76.9 Å². The van der Waals surface area contributed by atoms with Crippen LogP contribution in [0.25, 0.3) is 0 Å². The van der Waals surface area contributed by atoms with Gasteiger partial charge in [0.1, 0.15) is 18.1 Å². The monoisotopic (exact) mass is 449 g/mol. The third-order valence-electron chi connectivity index (χ3n) is 3.81. The fourth-order valence-corrected chi connectivity index (χ4v) is 3.13. The Morgan fingerprint density at radius 1 is 1.00 bits per heavy atom. The van der Waals surface area contributed by atoms with Crippen LogP contribution in [0.2, 0.25) is 0 Å². The zero-order valence-corrected chi connectivity index (χ0v) is 17.6. The SMILES string of the molecule is C#CCOc1c(Br)cc(C=Nc2ccc(Oc3ccccc3)cc2)cc1OCC. The summed E-state index contributed by atoms with van der Waals surface area (Å²) in [7, 11) is 0. The third-order valence-corrected chi connectivity index (χ3v) is 4.40. The molecule has 4 nitrogen and oxygen atoms in total. The average Bonchev–Trinajstić information content (AvgIpc) is 2.74. The van der Waals surface area contributed by atoms with E-state index in [0.717, 1.165) is 27.2 Å². The summed E-state index contributed by atoms with van der Waals surface area (Å²) in [6.07, 6.45) is 7.05. The van der Waals surface area contributed by atoms with Crippen molar-refractivity contribution in [2.24, 2.45) is 4.99 Å². The zero-order chi connectivity index (χ0) is 20.5. The van der Waals surface area contributed by atoms with E-state index in [2.05, 4.69) is 26.8 Å². The Morgan fingerprint density at radius 2 is 1.72 bits per heavy atom. The highest BCUT2D eigenvalue weighted by molar-refractivity contribution is 9.10. The fourth-order valence-electron chi connectivity index (χ4n) is 2.55. The standard InChI is InChI=1S/C24H20BrNO3/c1-3-14-28-24-22(25)15-18(16-23(24)27-4-2)17-26-19-10-12-21(13-11-19)29-20-8-6-5-7-9-20/h1,5-13,15-17H,4,14H2,2H3. The zero-order valence-electron chi connectivity index (χ0n) is 16.0. The molecule has 0 saturated heterocycles. The minimum absolute atomic E-state index is 0.170. The average molecular weight is 450 g/mol. The molecule has 0 heterocycles. The first-order chi connectivity index (χ1) is 14.2. The molecule has 0 fully saturated rings. The van der Waals surface area contributed by atoms with Crippen molar-refractivity contribution in [2.45, 2.75) is 6.92 Å². The lowest BCUT2D eigenvalue weighted by molar-refractivity contribution is 0.298. The molecule has 0 bridgehead atoms. The summed E-state index contributed by atoms with van der Waals surface area (Å²) in [6.45, 7) is 2.60. The van der Waals surface area contributed by atoms with Crippen LogP contribution in [0.3, 0.4) is 0 Å². The maximum Gasteiger partial charge on any atom is 0.176 e. The van der Waals surface area contributed by atoms with E-state index >= 15 is 0 Å². The molecule has 3 aromatic rings. The second-order valence-corrected chi connectivity index (χ2v) is 6.78. The number of rotatable bonds is 8. The number of benzene rings is 3. The number of nitrogens with zero attached hydrogens (tertiary/aromatic N) is 1. The van der Waals surface area contributed by atoms with Gasteiger partial charge in [-0.3, -0.25) is 4.99 Å². The van der Waals surface area contributed by atoms with Crippen molar-refractivity contribution in [3.05, 3.63) is 76.8 Å². The lowest BCUT2D eigenvalue weighted by atomic mass is 10.2. The Morgan fingerprint density at radius 3 is 2.41 bits per heavy atom. The molecule has 0 aliphatic rings. The molecule has 0 aliphatic heterocycles. The molecule has 0 amide bonds. The van der Waals surface area contributed by atoms with Crippen molar-refractivity contribution >= 4 is 27.8 Å². The Balaban J connectivity index is 1.74. The second-order valence-electron chi connectivity index (χ2n) is 5.92. The van der Waals surface area contributed by atoms with E-state index in [1.54, 1.807) is 6.21 Å². The second kappa shape index (κ2) is 10.4. The van der Waals surface area contributed by atoms with E-state index in [9.17, 15) is 0 Å². The van der Waals surface area contributed by atoms with E-state index in [1.165, 1.54) is 0 Å². The summed E-state index contributed by atoms with van der Waals surface area (Å²) in [5, 5.41) is 0. The van der Waals surface area contributed by atoms with E-state index in [0.29, 0.717) is 18.1 Å². The number of aliphatic imine (C=N–C) groups is 1. The van der Waals surface area contributed by atoms with Gasteiger partial charge in [-0.1, -0.05) is 24.1 Å². The normalized spacial score (nSPS) is 10.5. The summed E-state index contributed by atoms with van der Waals surface area (Å²) >= 11 is 3.51. The highest BCUT2D eigenvalue weighted by Gasteiger charge is 2.11. The number of para-hydroxylation sites is 1. The van der Waals surface area contributed by atoms with Crippen molar-refractivity contribution in [1.29, 1.82) is 0 Å². The molecule has 3 aromatic carbocycles. The Bertz CT molecular complexity index is 1010. The molecule has 0 aliphatic carbocycles. The molecule has 0 spiro atoms. The quantitative estimate of drug-likeness (QED) is 0.294. The van der Waals surface area contributed by atoms with Crippen LogP contribution in [-0.4, -0.2) is 19.4 Å². The summed E-state index contributed by atoms with van der Waals surface area (Å²) in [6, 6.07) is 21.0. The molecule has 29 heavy (non-hydrogen) atoms. The predicted molar refractivity (Wildman–Crippen MR) is 120 cm³/mol. The van der Waals surface area contributed by atoms with Crippen LogP contribution in [0.1, 0.15) is 12.5 Å². The van der Waals surface area contributed by atoms with E-state index in [4.69, 9.17) is 20.6 Å². The molecule has 0 saturated carbocycles. The lowest BCUT2D eigenvalue weighted by Crippen LogP contribution is -2.01. The molecule has 5 heteroatoms. The smallest absolute Gasteiger partial charge is 0.176 e. The topological polar surface area (TPSA) is 40.0 Å². The van der Waals surface area contributed by atoms with Crippen LogP contribution in [0.15, 0.2) is 76.2 Å². The van der Waals surface area contributed by atoms with Gasteiger partial charge < -0.3 is 14.2 Å². The van der Waals surface area contributed by atoms with Gasteiger partial charge in [0, 0.05) is 6.21 Å². The van der Waals surface area contributed by atoms with Gasteiger partial charge >= 0.3 is 0 Å². The van der Waals surface area contributed by atoms with Crippen LogP contribution in [-0.2, 0) is 0 Å². The number of ether oxygens (including phenoxy) is 3. The summed E-state index contributed by atoms with van der Waals surface area (Å²) in [4.78, 5) is 4.53. The number of halogens is 1. The number of terminal acetylenes is 1. The Hall–Kier alpha value is -3.23. The molecule has 0 atom stereocenters. The van der Waals surface area contributed by atoms with Gasteiger partial charge in [0.25, 0.3) is 0 Å². The highest BCUT2D eigenvalue weighted by Crippen LogP contribution is 2.36. The molecular formula is C24H20BrNO3. The molecule has 0 N–H and O–H groups in total. The fraction of sp³-hybridized carbons (Fsp3) is 0.125. The molecule has 3 rings (SSSR count). The maximum absolute atomic E-state index is 5.80. The van der Waals surface area contributed by atoms with Gasteiger partial charge in [0.15, 0.2) is 11.5 Å². The first-order valence-corrected chi connectivity index (χ1v) is 9.88. The van der Waals surface area contributed by atoms with E-state index in [-0.39, 0.29) is 6.61 Å². The minimum atomic E-state index is 0.170. The first-order valence-electron chi connectivity index (χ1n) is 9.09. The van der Waals surface area contributed by atoms with Crippen LogP contribution in [0.5, 0.6) is 23.0 Å². The minimum Gasteiger partial charge on any atom is -0.490 e. The summed E-state index contributed by atoms with van der Waals surface area (Å²) < 4.78 is 17.8. The largest absolute Gasteiger partial charge is 0.490 e. The van der Waals surface area contributed by atoms with E-state index in [1.807, 2.05) is 73.7 Å². The lowest BCUT2D eigenvalue weighted by Gasteiger charge is -2.13. The van der Waals surface area contributed by atoms with Crippen LogP contribution >= 0.6 is 15.9 Å². The van der Waals surface area contributed by atoms with Gasteiger partial charge in [0.2, 0.25) is 0 Å². The first kappa shape index (κ1) is 20.5. The highest BCUT2D eigenvalue weighted by atomic mass is 79.9. The van der Waals surface area contributed by atoms with Gasteiger partial charge in [-0.15, -0.1) is 6.42 Å². The van der Waals surface area contributed by atoms with Gasteiger partial charge in [-0.25, -0.2) is 0 Å². The van der Waals surface area contributed by atoms with Crippen LogP contribution in [0, 0.1) is 12.3 Å². The molecular weight excluding hydrogens is 430 g/mol. The molecule has 0 unspecified atom stereocenters. The molecule has 0 radical (unpaired) electrons. The van der Waals surface area contributed by atoms with Gasteiger partial charge in [0.05, 0.1) is 16.8 Å². The van der Waals surface area contributed by atoms with Crippen molar-refractivity contribution in [3.63, 3.8) is 0 Å². The van der Waals surface area contributed by atoms with Crippen molar-refractivity contribution in [3.8, 4) is 35.3 Å². The van der Waals surface area contributed by atoms with Crippen LogP contribution < -0.4 is 14.2 Å². The number of hydrogen-bond donors (Lipinski definition) is 0. The Labute approximate surface area is 179 Å². The maximum atomic E-state index is 5.80. The van der Waals surface area contributed by atoms with E-state index < -0.39 is 0 Å². The predicted octanol–water partition coefficient (Wildman–Crippen LogP) is 6.40. The van der Waals surface area contributed by atoms with Crippen LogP contribution in [0.4, 0.5) is 5.69 Å². The Kier molecular flexibility index (Phi) is 7.32. The molecule has 146 valence electrons. The summed E-state index contributed by atoms with van der Waals surface area (Å²) in [5.74, 6) is 5.21. The number of hydrogen-bond acceptors (Lipinski definition) is 4.